The number of hydrogen-bond donors (Lipinski definition) is 1. The zero-order chi connectivity index (χ0) is 19.5. The minimum Gasteiger partial charge on any atom is -0.452 e. The molecule has 0 aromatic heterocycles. The van der Waals surface area contributed by atoms with Crippen LogP contribution in [0.5, 0.6) is 0 Å². The Balaban J connectivity index is 1.54. The van der Waals surface area contributed by atoms with E-state index in [1.54, 1.807) is 19.1 Å². The number of amides is 1. The summed E-state index contributed by atoms with van der Waals surface area (Å²) in [5.74, 6) is -1.16. The van der Waals surface area contributed by atoms with Gasteiger partial charge in [0, 0.05) is 0 Å². The van der Waals surface area contributed by atoms with Crippen molar-refractivity contribution >= 4 is 21.7 Å². The highest BCUT2D eigenvalue weighted by Gasteiger charge is 2.39. The van der Waals surface area contributed by atoms with Crippen molar-refractivity contribution in [2.24, 2.45) is 0 Å². The van der Waals surface area contributed by atoms with Gasteiger partial charge in [-0.05, 0) is 36.6 Å². The summed E-state index contributed by atoms with van der Waals surface area (Å²) in [6.45, 7) is 1.23. The van der Waals surface area contributed by atoms with Crippen LogP contribution in [0.3, 0.4) is 0 Å². The number of benzene rings is 2. The molecule has 1 heterocycles. The minimum absolute atomic E-state index is 0.0529. The number of nitrogens with one attached hydrogen (secondary N) is 1. The molecule has 0 aliphatic carbocycles. The van der Waals surface area contributed by atoms with Gasteiger partial charge in [-0.1, -0.05) is 42.5 Å². The SMILES string of the molecule is C[C@@]1(NC(=O)COC(=O)c2ccc(-c3ccccc3)cc2)CCS(=O)(=O)C1. The Labute approximate surface area is 158 Å². The highest BCUT2D eigenvalue weighted by Crippen LogP contribution is 2.23. The molecular formula is C20H21NO5S. The van der Waals surface area contributed by atoms with Gasteiger partial charge in [0.05, 0.1) is 22.6 Å². The summed E-state index contributed by atoms with van der Waals surface area (Å²) < 4.78 is 28.2. The average molecular weight is 387 g/mol. The van der Waals surface area contributed by atoms with Crippen LogP contribution in [0.2, 0.25) is 0 Å². The number of sulfone groups is 1. The van der Waals surface area contributed by atoms with Gasteiger partial charge in [0.25, 0.3) is 5.91 Å². The second-order valence-electron chi connectivity index (χ2n) is 6.97. The van der Waals surface area contributed by atoms with Crippen molar-refractivity contribution < 1.29 is 22.7 Å². The predicted molar refractivity (Wildman–Crippen MR) is 102 cm³/mol. The molecule has 2 aromatic carbocycles. The van der Waals surface area contributed by atoms with Gasteiger partial charge in [0.2, 0.25) is 0 Å². The fourth-order valence-electron chi connectivity index (χ4n) is 3.13. The molecule has 0 bridgehead atoms. The van der Waals surface area contributed by atoms with Gasteiger partial charge in [-0.15, -0.1) is 0 Å². The lowest BCUT2D eigenvalue weighted by molar-refractivity contribution is -0.125. The molecular weight excluding hydrogens is 366 g/mol. The normalized spacial score (nSPS) is 20.8. The Hall–Kier alpha value is -2.67. The molecule has 1 saturated heterocycles. The third-order valence-electron chi connectivity index (χ3n) is 4.51. The zero-order valence-electron chi connectivity index (χ0n) is 15.0. The third-order valence-corrected chi connectivity index (χ3v) is 6.41. The first-order valence-corrected chi connectivity index (χ1v) is 10.4. The van der Waals surface area contributed by atoms with Gasteiger partial charge in [-0.2, -0.15) is 0 Å². The van der Waals surface area contributed by atoms with E-state index in [2.05, 4.69) is 5.32 Å². The molecule has 1 aliphatic rings. The molecule has 2 aromatic rings. The molecule has 1 aliphatic heterocycles. The first-order valence-electron chi connectivity index (χ1n) is 8.60. The zero-order valence-corrected chi connectivity index (χ0v) is 15.8. The lowest BCUT2D eigenvalue weighted by Crippen LogP contribution is -2.48. The highest BCUT2D eigenvalue weighted by atomic mass is 32.2. The van der Waals surface area contributed by atoms with E-state index in [1.165, 1.54) is 0 Å². The van der Waals surface area contributed by atoms with Gasteiger partial charge in [-0.25, -0.2) is 13.2 Å². The summed E-state index contributed by atoms with van der Waals surface area (Å²) >= 11 is 0. The Morgan fingerprint density at radius 3 is 2.26 bits per heavy atom. The average Bonchev–Trinajstić information content (AvgIpc) is 2.93. The van der Waals surface area contributed by atoms with Crippen LogP contribution < -0.4 is 5.32 Å². The van der Waals surface area contributed by atoms with E-state index in [1.807, 2.05) is 42.5 Å². The van der Waals surface area contributed by atoms with E-state index >= 15 is 0 Å². The number of carbonyl (C=O) groups is 2. The molecule has 1 fully saturated rings. The monoisotopic (exact) mass is 387 g/mol. The summed E-state index contributed by atoms with van der Waals surface area (Å²) in [7, 11) is -3.12. The van der Waals surface area contributed by atoms with Crippen LogP contribution in [0.1, 0.15) is 23.7 Å². The predicted octanol–water partition coefficient (Wildman–Crippen LogP) is 2.20. The van der Waals surface area contributed by atoms with Crippen LogP contribution in [0.25, 0.3) is 11.1 Å². The lowest BCUT2D eigenvalue weighted by atomic mass is 10.0. The Morgan fingerprint density at radius 2 is 1.67 bits per heavy atom. The van der Waals surface area contributed by atoms with Gasteiger partial charge in [0.1, 0.15) is 0 Å². The molecule has 142 valence electrons. The smallest absolute Gasteiger partial charge is 0.338 e. The summed E-state index contributed by atoms with van der Waals surface area (Å²) in [6, 6.07) is 16.7. The summed E-state index contributed by atoms with van der Waals surface area (Å²) in [5, 5.41) is 2.65. The summed E-state index contributed by atoms with van der Waals surface area (Å²) in [6.07, 6.45) is 0.357. The quantitative estimate of drug-likeness (QED) is 0.795. The van der Waals surface area contributed by atoms with Gasteiger partial charge in [0.15, 0.2) is 16.4 Å². The van der Waals surface area contributed by atoms with E-state index in [-0.39, 0.29) is 11.5 Å². The molecule has 6 nitrogen and oxygen atoms in total. The fraction of sp³-hybridized carbons (Fsp3) is 0.300. The van der Waals surface area contributed by atoms with Crippen LogP contribution in [0.15, 0.2) is 54.6 Å². The molecule has 1 atom stereocenters. The molecule has 0 saturated carbocycles. The van der Waals surface area contributed by atoms with Crippen molar-refractivity contribution in [3.05, 3.63) is 60.2 Å². The standard InChI is InChI=1S/C20H21NO5S/c1-20(11-12-27(24,25)14-20)21-18(22)13-26-19(23)17-9-7-16(8-10-17)15-5-3-2-4-6-15/h2-10H,11-14H2,1H3,(H,21,22)/t20-/m1/s1. The molecule has 0 radical (unpaired) electrons. The van der Waals surface area contributed by atoms with E-state index in [9.17, 15) is 18.0 Å². The van der Waals surface area contributed by atoms with Gasteiger partial charge in [-0.3, -0.25) is 4.79 Å². The Kier molecular flexibility index (Phi) is 5.32. The summed E-state index contributed by atoms with van der Waals surface area (Å²) in [5.41, 5.74) is 1.55. The van der Waals surface area contributed by atoms with E-state index in [4.69, 9.17) is 4.74 Å². The fourth-order valence-corrected chi connectivity index (χ4v) is 5.22. The van der Waals surface area contributed by atoms with Crippen molar-refractivity contribution in [2.45, 2.75) is 18.9 Å². The van der Waals surface area contributed by atoms with Crippen LogP contribution in [-0.2, 0) is 19.4 Å². The second-order valence-corrected chi connectivity index (χ2v) is 9.15. The molecule has 27 heavy (non-hydrogen) atoms. The molecule has 7 heteroatoms. The number of carbonyl (C=O) groups excluding carboxylic acids is 2. The maximum absolute atomic E-state index is 12.1. The number of esters is 1. The second kappa shape index (κ2) is 7.52. The lowest BCUT2D eigenvalue weighted by Gasteiger charge is -2.23. The van der Waals surface area contributed by atoms with Crippen LogP contribution in [0, 0.1) is 0 Å². The van der Waals surface area contributed by atoms with Gasteiger partial charge < -0.3 is 10.1 Å². The number of ether oxygens (including phenoxy) is 1. The molecule has 0 spiro atoms. The minimum atomic E-state index is -3.12. The molecule has 0 unspecified atom stereocenters. The third kappa shape index (κ3) is 4.95. The van der Waals surface area contributed by atoms with Crippen LogP contribution in [-0.4, -0.2) is 43.9 Å². The van der Waals surface area contributed by atoms with Gasteiger partial charge >= 0.3 is 5.97 Å². The maximum atomic E-state index is 12.1. The molecule has 1 N–H and O–H groups in total. The van der Waals surface area contributed by atoms with Crippen molar-refractivity contribution in [3.8, 4) is 11.1 Å². The van der Waals surface area contributed by atoms with Crippen molar-refractivity contribution in [2.75, 3.05) is 18.1 Å². The number of hydrogen-bond acceptors (Lipinski definition) is 5. The first kappa shape index (κ1) is 19.1. The summed E-state index contributed by atoms with van der Waals surface area (Å²) in [4.78, 5) is 24.1. The topological polar surface area (TPSA) is 89.5 Å². The van der Waals surface area contributed by atoms with Crippen molar-refractivity contribution in [3.63, 3.8) is 0 Å². The van der Waals surface area contributed by atoms with E-state index in [0.29, 0.717) is 12.0 Å². The Bertz CT molecular complexity index is 938. The van der Waals surface area contributed by atoms with Crippen LogP contribution in [0.4, 0.5) is 0 Å². The number of rotatable bonds is 5. The molecule has 1 amide bonds. The van der Waals surface area contributed by atoms with Crippen LogP contribution >= 0.6 is 0 Å². The van der Waals surface area contributed by atoms with Crippen molar-refractivity contribution in [1.82, 2.24) is 5.32 Å². The maximum Gasteiger partial charge on any atom is 0.338 e. The molecule has 3 rings (SSSR count). The first-order chi connectivity index (χ1) is 12.8. The van der Waals surface area contributed by atoms with Crippen molar-refractivity contribution in [1.29, 1.82) is 0 Å². The Morgan fingerprint density at radius 1 is 1.04 bits per heavy atom. The largest absolute Gasteiger partial charge is 0.452 e. The highest BCUT2D eigenvalue weighted by molar-refractivity contribution is 7.91. The van der Waals surface area contributed by atoms with E-state index in [0.717, 1.165) is 11.1 Å². The van der Waals surface area contributed by atoms with E-state index < -0.39 is 33.9 Å².